The SMILES string of the molecule is CNC(=O)CCCCCC(CNC(=O)C(C)n1cccn1)c1ncc(-c2ccc3ccccc3c2)[nH]1. The van der Waals surface area contributed by atoms with Gasteiger partial charge in [0.15, 0.2) is 0 Å². The Hall–Kier alpha value is -3.94. The van der Waals surface area contributed by atoms with Gasteiger partial charge in [-0.2, -0.15) is 5.10 Å². The molecule has 2 aromatic carbocycles. The van der Waals surface area contributed by atoms with Crippen molar-refractivity contribution >= 4 is 22.6 Å². The van der Waals surface area contributed by atoms with Crippen molar-refractivity contribution in [3.8, 4) is 11.3 Å². The molecule has 188 valence electrons. The molecule has 0 aliphatic heterocycles. The summed E-state index contributed by atoms with van der Waals surface area (Å²) in [4.78, 5) is 32.5. The molecular formula is C28H34N6O2. The summed E-state index contributed by atoms with van der Waals surface area (Å²) >= 11 is 0. The van der Waals surface area contributed by atoms with Gasteiger partial charge in [0.2, 0.25) is 11.8 Å². The van der Waals surface area contributed by atoms with E-state index in [4.69, 9.17) is 4.98 Å². The average molecular weight is 487 g/mol. The molecule has 2 amide bonds. The minimum Gasteiger partial charge on any atom is -0.359 e. The summed E-state index contributed by atoms with van der Waals surface area (Å²) in [7, 11) is 1.66. The molecule has 0 aliphatic carbocycles. The van der Waals surface area contributed by atoms with E-state index in [1.54, 1.807) is 24.1 Å². The Morgan fingerprint density at radius 3 is 2.67 bits per heavy atom. The van der Waals surface area contributed by atoms with Gasteiger partial charge in [-0.05, 0) is 42.7 Å². The summed E-state index contributed by atoms with van der Waals surface area (Å²) in [5.74, 6) is 0.881. The van der Waals surface area contributed by atoms with Gasteiger partial charge in [0.25, 0.3) is 0 Å². The smallest absolute Gasteiger partial charge is 0.244 e. The minimum atomic E-state index is -0.391. The van der Waals surface area contributed by atoms with Gasteiger partial charge in [0, 0.05) is 43.9 Å². The second kappa shape index (κ2) is 12.2. The summed E-state index contributed by atoms with van der Waals surface area (Å²) in [6.07, 6.45) is 9.44. The van der Waals surface area contributed by atoms with Crippen molar-refractivity contribution in [2.75, 3.05) is 13.6 Å². The molecule has 0 radical (unpaired) electrons. The molecule has 8 nitrogen and oxygen atoms in total. The van der Waals surface area contributed by atoms with Crippen LogP contribution in [0.2, 0.25) is 0 Å². The number of H-pyrrole nitrogens is 1. The van der Waals surface area contributed by atoms with E-state index in [2.05, 4.69) is 51.0 Å². The van der Waals surface area contributed by atoms with Gasteiger partial charge < -0.3 is 15.6 Å². The summed E-state index contributed by atoms with van der Waals surface area (Å²) < 4.78 is 1.65. The topological polar surface area (TPSA) is 105 Å². The Bertz CT molecular complexity index is 1280. The van der Waals surface area contributed by atoms with Crippen molar-refractivity contribution in [3.05, 3.63) is 72.9 Å². The lowest BCUT2D eigenvalue weighted by Crippen LogP contribution is -2.34. The van der Waals surface area contributed by atoms with Crippen LogP contribution < -0.4 is 10.6 Å². The van der Waals surface area contributed by atoms with Crippen molar-refractivity contribution in [2.24, 2.45) is 0 Å². The number of aromatic nitrogens is 4. The first kappa shape index (κ1) is 25.2. The predicted octanol–water partition coefficient (Wildman–Crippen LogP) is 4.58. The number of nitrogens with one attached hydrogen (secondary N) is 3. The molecule has 2 aromatic heterocycles. The summed E-state index contributed by atoms with van der Waals surface area (Å²) in [5, 5.41) is 12.3. The molecule has 2 heterocycles. The number of amides is 2. The van der Waals surface area contributed by atoms with E-state index in [-0.39, 0.29) is 17.7 Å². The lowest BCUT2D eigenvalue weighted by atomic mass is 9.99. The Balaban J connectivity index is 1.44. The number of aromatic amines is 1. The Morgan fingerprint density at radius 1 is 1.06 bits per heavy atom. The largest absolute Gasteiger partial charge is 0.359 e. The highest BCUT2D eigenvalue weighted by Gasteiger charge is 2.20. The fraction of sp³-hybridized carbons (Fsp3) is 0.357. The minimum absolute atomic E-state index is 0.0352. The zero-order valence-electron chi connectivity index (χ0n) is 20.9. The highest BCUT2D eigenvalue weighted by atomic mass is 16.2. The average Bonchev–Trinajstić information content (AvgIpc) is 3.62. The molecule has 4 rings (SSSR count). The van der Waals surface area contributed by atoms with Crippen LogP contribution in [-0.4, -0.2) is 45.2 Å². The first-order valence-electron chi connectivity index (χ1n) is 12.6. The van der Waals surface area contributed by atoms with Crippen molar-refractivity contribution in [2.45, 2.75) is 51.0 Å². The van der Waals surface area contributed by atoms with E-state index < -0.39 is 6.04 Å². The van der Waals surface area contributed by atoms with Crippen LogP contribution in [0.1, 0.15) is 56.8 Å². The normalized spacial score (nSPS) is 12.8. The molecule has 0 bridgehead atoms. The maximum absolute atomic E-state index is 12.8. The third-order valence-corrected chi connectivity index (χ3v) is 6.60. The van der Waals surface area contributed by atoms with Crippen LogP contribution in [0.3, 0.4) is 0 Å². The number of benzene rings is 2. The van der Waals surface area contributed by atoms with E-state index in [0.717, 1.165) is 42.8 Å². The van der Waals surface area contributed by atoms with Crippen molar-refractivity contribution in [1.82, 2.24) is 30.4 Å². The lowest BCUT2D eigenvalue weighted by molar-refractivity contribution is -0.124. The number of rotatable bonds is 12. The van der Waals surface area contributed by atoms with Gasteiger partial charge in [0.05, 0.1) is 11.9 Å². The van der Waals surface area contributed by atoms with E-state index in [1.165, 1.54) is 10.8 Å². The van der Waals surface area contributed by atoms with Gasteiger partial charge in [-0.25, -0.2) is 4.98 Å². The number of fused-ring (bicyclic) bond motifs is 1. The number of hydrogen-bond donors (Lipinski definition) is 3. The Kier molecular flexibility index (Phi) is 8.49. The Morgan fingerprint density at radius 2 is 1.89 bits per heavy atom. The van der Waals surface area contributed by atoms with E-state index in [9.17, 15) is 9.59 Å². The highest BCUT2D eigenvalue weighted by Crippen LogP contribution is 2.26. The van der Waals surface area contributed by atoms with Crippen molar-refractivity contribution in [3.63, 3.8) is 0 Å². The summed E-state index contributed by atoms with van der Waals surface area (Å²) in [6, 6.07) is 16.1. The maximum Gasteiger partial charge on any atom is 0.244 e. The van der Waals surface area contributed by atoms with Crippen LogP contribution in [0.25, 0.3) is 22.0 Å². The molecule has 8 heteroatoms. The molecule has 4 aromatic rings. The van der Waals surface area contributed by atoms with Crippen LogP contribution in [0.4, 0.5) is 0 Å². The first-order valence-corrected chi connectivity index (χ1v) is 12.6. The second-order valence-corrected chi connectivity index (χ2v) is 9.12. The van der Waals surface area contributed by atoms with Gasteiger partial charge in [-0.3, -0.25) is 14.3 Å². The second-order valence-electron chi connectivity index (χ2n) is 9.12. The quantitative estimate of drug-likeness (QED) is 0.255. The fourth-order valence-electron chi connectivity index (χ4n) is 4.36. The Labute approximate surface area is 211 Å². The third kappa shape index (κ3) is 6.38. The first-order chi connectivity index (χ1) is 17.5. The van der Waals surface area contributed by atoms with Crippen LogP contribution in [0.15, 0.2) is 67.1 Å². The number of hydrogen-bond acceptors (Lipinski definition) is 4. The number of unbranched alkanes of at least 4 members (excludes halogenated alkanes) is 2. The number of carbonyl (C=O) groups excluding carboxylic acids is 2. The van der Waals surface area contributed by atoms with Gasteiger partial charge >= 0.3 is 0 Å². The lowest BCUT2D eigenvalue weighted by Gasteiger charge is -2.18. The number of imidazole rings is 1. The number of carbonyl (C=O) groups is 2. The zero-order chi connectivity index (χ0) is 25.3. The molecule has 0 aliphatic rings. The summed E-state index contributed by atoms with van der Waals surface area (Å²) in [5.41, 5.74) is 2.03. The van der Waals surface area contributed by atoms with Crippen LogP contribution in [0.5, 0.6) is 0 Å². The molecule has 0 fully saturated rings. The van der Waals surface area contributed by atoms with Gasteiger partial charge in [0.1, 0.15) is 11.9 Å². The monoisotopic (exact) mass is 486 g/mol. The maximum atomic E-state index is 12.8. The molecule has 3 N–H and O–H groups in total. The van der Waals surface area contributed by atoms with Gasteiger partial charge in [-0.1, -0.05) is 49.2 Å². The highest BCUT2D eigenvalue weighted by molar-refractivity contribution is 5.86. The molecular weight excluding hydrogens is 452 g/mol. The standard InChI is InChI=1S/C28H34N6O2/c1-20(34-16-8-15-32-34)28(36)31-18-24(11-4-3-5-12-26(35)29-2)27-30-19-25(33-27)23-14-13-21-9-6-7-10-22(21)17-23/h6-10,13-17,19-20,24H,3-5,11-12,18H2,1-2H3,(H,29,35)(H,30,33)(H,31,36). The zero-order valence-corrected chi connectivity index (χ0v) is 20.9. The van der Waals surface area contributed by atoms with Crippen LogP contribution >= 0.6 is 0 Å². The van der Waals surface area contributed by atoms with E-state index >= 15 is 0 Å². The van der Waals surface area contributed by atoms with Crippen molar-refractivity contribution < 1.29 is 9.59 Å². The number of nitrogens with zero attached hydrogens (tertiary/aromatic N) is 3. The molecule has 36 heavy (non-hydrogen) atoms. The third-order valence-electron chi connectivity index (χ3n) is 6.60. The van der Waals surface area contributed by atoms with Crippen LogP contribution in [0, 0.1) is 0 Å². The molecule has 2 unspecified atom stereocenters. The van der Waals surface area contributed by atoms with Gasteiger partial charge in [-0.15, -0.1) is 0 Å². The van der Waals surface area contributed by atoms with Crippen molar-refractivity contribution in [1.29, 1.82) is 0 Å². The van der Waals surface area contributed by atoms with E-state index in [0.29, 0.717) is 13.0 Å². The fourth-order valence-corrected chi connectivity index (χ4v) is 4.36. The predicted molar refractivity (Wildman–Crippen MR) is 141 cm³/mol. The molecule has 0 saturated carbocycles. The summed E-state index contributed by atoms with van der Waals surface area (Å²) in [6.45, 7) is 2.31. The molecule has 0 saturated heterocycles. The molecule has 2 atom stereocenters. The van der Waals surface area contributed by atoms with Crippen LogP contribution in [-0.2, 0) is 9.59 Å². The molecule has 0 spiro atoms. The van der Waals surface area contributed by atoms with E-state index in [1.807, 2.05) is 31.3 Å².